The van der Waals surface area contributed by atoms with Gasteiger partial charge in [0.15, 0.2) is 0 Å². The van der Waals surface area contributed by atoms with Crippen LogP contribution in [-0.4, -0.2) is 19.9 Å². The molecule has 1 N–H and O–H groups in total. The van der Waals surface area contributed by atoms with Gasteiger partial charge in [-0.15, -0.1) is 0 Å². The number of benzene rings is 1. The number of halogens is 1. The standard InChI is InChI=1S/C11H7ClN4/c12-11-13-5-7(6-14-11)10-15-8-3-1-2-4-9(8)16-10/h1-6H,(H,15,16). The molecule has 0 aliphatic heterocycles. The van der Waals surface area contributed by atoms with E-state index in [1.807, 2.05) is 24.3 Å². The first-order valence-electron chi connectivity index (χ1n) is 4.75. The van der Waals surface area contributed by atoms with Crippen LogP contribution in [0.4, 0.5) is 0 Å². The predicted octanol–water partition coefficient (Wildman–Crippen LogP) is 2.67. The summed E-state index contributed by atoms with van der Waals surface area (Å²) >= 11 is 5.62. The third-order valence-electron chi connectivity index (χ3n) is 2.28. The number of hydrogen-bond donors (Lipinski definition) is 1. The highest BCUT2D eigenvalue weighted by atomic mass is 35.5. The van der Waals surface area contributed by atoms with E-state index < -0.39 is 0 Å². The molecule has 5 heteroatoms. The summed E-state index contributed by atoms with van der Waals surface area (Å²) < 4.78 is 0. The molecule has 2 aromatic heterocycles. The van der Waals surface area contributed by atoms with Crippen LogP contribution >= 0.6 is 11.6 Å². The first kappa shape index (κ1) is 9.30. The monoisotopic (exact) mass is 230 g/mol. The van der Waals surface area contributed by atoms with E-state index in [2.05, 4.69) is 19.9 Å². The van der Waals surface area contributed by atoms with E-state index in [9.17, 15) is 0 Å². The van der Waals surface area contributed by atoms with Crippen molar-refractivity contribution in [3.63, 3.8) is 0 Å². The molecule has 2 heterocycles. The Morgan fingerprint density at radius 2 is 1.81 bits per heavy atom. The van der Waals surface area contributed by atoms with E-state index >= 15 is 0 Å². The van der Waals surface area contributed by atoms with Gasteiger partial charge >= 0.3 is 0 Å². The second kappa shape index (κ2) is 3.57. The van der Waals surface area contributed by atoms with E-state index in [-0.39, 0.29) is 5.28 Å². The molecule has 0 bridgehead atoms. The van der Waals surface area contributed by atoms with E-state index in [1.165, 1.54) is 0 Å². The van der Waals surface area contributed by atoms with Crippen molar-refractivity contribution in [3.8, 4) is 11.4 Å². The molecule has 0 saturated carbocycles. The van der Waals surface area contributed by atoms with Crippen molar-refractivity contribution in [2.45, 2.75) is 0 Å². The Hall–Kier alpha value is -1.94. The average molecular weight is 231 g/mol. The molecule has 0 fully saturated rings. The van der Waals surface area contributed by atoms with Crippen molar-refractivity contribution in [3.05, 3.63) is 41.9 Å². The third kappa shape index (κ3) is 1.53. The minimum absolute atomic E-state index is 0.236. The van der Waals surface area contributed by atoms with Gasteiger partial charge in [0.1, 0.15) is 5.82 Å². The summed E-state index contributed by atoms with van der Waals surface area (Å²) in [4.78, 5) is 15.5. The largest absolute Gasteiger partial charge is 0.338 e. The lowest BCUT2D eigenvalue weighted by molar-refractivity contribution is 1.15. The van der Waals surface area contributed by atoms with E-state index in [0.29, 0.717) is 0 Å². The number of imidazole rings is 1. The molecule has 0 atom stereocenters. The van der Waals surface area contributed by atoms with Gasteiger partial charge in [0, 0.05) is 12.4 Å². The van der Waals surface area contributed by atoms with Gasteiger partial charge in [0.2, 0.25) is 5.28 Å². The fraction of sp³-hybridized carbons (Fsp3) is 0. The summed E-state index contributed by atoms with van der Waals surface area (Å²) in [6.45, 7) is 0. The minimum Gasteiger partial charge on any atom is -0.338 e. The van der Waals surface area contributed by atoms with Crippen molar-refractivity contribution in [1.29, 1.82) is 0 Å². The maximum atomic E-state index is 5.62. The maximum absolute atomic E-state index is 5.62. The molecule has 0 radical (unpaired) electrons. The zero-order valence-electron chi connectivity index (χ0n) is 8.18. The van der Waals surface area contributed by atoms with Gasteiger partial charge in [-0.2, -0.15) is 0 Å². The lowest BCUT2D eigenvalue weighted by Crippen LogP contribution is -1.85. The van der Waals surface area contributed by atoms with Gasteiger partial charge in [0.25, 0.3) is 0 Å². The Morgan fingerprint density at radius 3 is 2.56 bits per heavy atom. The highest BCUT2D eigenvalue weighted by Crippen LogP contribution is 2.19. The lowest BCUT2D eigenvalue weighted by atomic mass is 10.3. The van der Waals surface area contributed by atoms with Crippen molar-refractivity contribution in [2.75, 3.05) is 0 Å². The van der Waals surface area contributed by atoms with E-state index in [0.717, 1.165) is 22.4 Å². The molecule has 0 aliphatic carbocycles. The smallest absolute Gasteiger partial charge is 0.222 e. The fourth-order valence-corrected chi connectivity index (χ4v) is 1.62. The average Bonchev–Trinajstić information content (AvgIpc) is 2.73. The summed E-state index contributed by atoms with van der Waals surface area (Å²) in [6, 6.07) is 7.84. The fourth-order valence-electron chi connectivity index (χ4n) is 1.52. The maximum Gasteiger partial charge on any atom is 0.222 e. The number of aromatic amines is 1. The summed E-state index contributed by atoms with van der Waals surface area (Å²) in [6.07, 6.45) is 3.29. The highest BCUT2D eigenvalue weighted by molar-refractivity contribution is 6.28. The number of para-hydroxylation sites is 2. The van der Waals surface area contributed by atoms with Crippen molar-refractivity contribution < 1.29 is 0 Å². The minimum atomic E-state index is 0.236. The molecule has 3 rings (SSSR count). The third-order valence-corrected chi connectivity index (χ3v) is 2.48. The molecule has 78 valence electrons. The second-order valence-electron chi connectivity index (χ2n) is 3.34. The Bertz CT molecular complexity index is 597. The summed E-state index contributed by atoms with van der Waals surface area (Å²) in [5.41, 5.74) is 2.74. The Labute approximate surface area is 96.3 Å². The van der Waals surface area contributed by atoms with Crippen LogP contribution in [0, 0.1) is 0 Å². The summed E-state index contributed by atoms with van der Waals surface area (Å²) in [7, 11) is 0. The van der Waals surface area contributed by atoms with Crippen LogP contribution in [0.25, 0.3) is 22.4 Å². The first-order chi connectivity index (χ1) is 7.83. The molecular formula is C11H7ClN4. The zero-order valence-corrected chi connectivity index (χ0v) is 8.94. The molecule has 0 saturated heterocycles. The van der Waals surface area contributed by atoms with Gasteiger partial charge in [-0.25, -0.2) is 15.0 Å². The van der Waals surface area contributed by atoms with Crippen molar-refractivity contribution in [2.24, 2.45) is 0 Å². The lowest BCUT2D eigenvalue weighted by Gasteiger charge is -1.93. The Morgan fingerprint density at radius 1 is 1.06 bits per heavy atom. The molecule has 0 amide bonds. The quantitative estimate of drug-likeness (QED) is 0.654. The van der Waals surface area contributed by atoms with Crippen molar-refractivity contribution >= 4 is 22.6 Å². The normalized spacial score (nSPS) is 10.8. The van der Waals surface area contributed by atoms with Crippen LogP contribution in [0.15, 0.2) is 36.7 Å². The topological polar surface area (TPSA) is 54.5 Å². The molecule has 16 heavy (non-hydrogen) atoms. The number of H-pyrrole nitrogens is 1. The second-order valence-corrected chi connectivity index (χ2v) is 3.68. The van der Waals surface area contributed by atoms with Gasteiger partial charge in [0.05, 0.1) is 16.6 Å². The number of hydrogen-bond acceptors (Lipinski definition) is 3. The van der Waals surface area contributed by atoms with Gasteiger partial charge in [-0.3, -0.25) is 0 Å². The Balaban J connectivity index is 2.15. The number of nitrogens with one attached hydrogen (secondary N) is 1. The molecule has 4 nitrogen and oxygen atoms in total. The summed E-state index contributed by atoms with van der Waals surface area (Å²) in [5, 5.41) is 0.236. The zero-order chi connectivity index (χ0) is 11.0. The van der Waals surface area contributed by atoms with Crippen molar-refractivity contribution in [1.82, 2.24) is 19.9 Å². The van der Waals surface area contributed by atoms with Gasteiger partial charge in [-0.05, 0) is 23.7 Å². The molecule has 0 aliphatic rings. The summed E-state index contributed by atoms with van der Waals surface area (Å²) in [5.74, 6) is 0.748. The van der Waals surface area contributed by atoms with Crippen LogP contribution in [0.5, 0.6) is 0 Å². The molecule has 3 aromatic rings. The van der Waals surface area contributed by atoms with Gasteiger partial charge in [-0.1, -0.05) is 12.1 Å². The van der Waals surface area contributed by atoms with Crippen LogP contribution in [0.3, 0.4) is 0 Å². The SMILES string of the molecule is Clc1ncc(-c2nc3ccccc3[nH]2)cn1. The molecular weight excluding hydrogens is 224 g/mol. The van der Waals surface area contributed by atoms with Crippen LogP contribution in [-0.2, 0) is 0 Å². The molecule has 1 aromatic carbocycles. The van der Waals surface area contributed by atoms with Gasteiger partial charge < -0.3 is 4.98 Å². The number of fused-ring (bicyclic) bond motifs is 1. The highest BCUT2D eigenvalue weighted by Gasteiger charge is 2.05. The van der Waals surface area contributed by atoms with Crippen LogP contribution in [0.2, 0.25) is 5.28 Å². The van der Waals surface area contributed by atoms with E-state index in [4.69, 9.17) is 11.6 Å². The predicted molar refractivity (Wildman–Crippen MR) is 62.1 cm³/mol. The van der Waals surface area contributed by atoms with Crippen LogP contribution in [0.1, 0.15) is 0 Å². The first-order valence-corrected chi connectivity index (χ1v) is 5.13. The number of rotatable bonds is 1. The Kier molecular flexibility index (Phi) is 2.08. The van der Waals surface area contributed by atoms with E-state index in [1.54, 1.807) is 12.4 Å². The number of aromatic nitrogens is 4. The molecule has 0 unspecified atom stereocenters. The molecule has 0 spiro atoms. The number of nitrogens with zero attached hydrogens (tertiary/aromatic N) is 3. The van der Waals surface area contributed by atoms with Crippen LogP contribution < -0.4 is 0 Å².